The van der Waals surface area contributed by atoms with Gasteiger partial charge in [0.15, 0.2) is 5.76 Å². The lowest BCUT2D eigenvalue weighted by molar-refractivity contribution is 0.0663. The predicted molar refractivity (Wildman–Crippen MR) is 92.9 cm³/mol. The zero-order valence-electron chi connectivity index (χ0n) is 14.4. The summed E-state index contributed by atoms with van der Waals surface area (Å²) in [5, 5.41) is 22.7. The van der Waals surface area contributed by atoms with E-state index < -0.39 is 40.6 Å². The smallest absolute Gasteiger partial charge is 0.407 e. The second-order valence-electron chi connectivity index (χ2n) is 5.34. The van der Waals surface area contributed by atoms with Crippen LogP contribution in [-0.2, 0) is 11.3 Å². The Morgan fingerprint density at radius 3 is 2.39 bits per heavy atom. The van der Waals surface area contributed by atoms with E-state index in [9.17, 15) is 24.3 Å². The third-order valence-corrected chi connectivity index (χ3v) is 3.35. The van der Waals surface area contributed by atoms with Gasteiger partial charge in [0.25, 0.3) is 5.91 Å². The molecule has 0 fully saturated rings. The molecule has 0 spiro atoms. The summed E-state index contributed by atoms with van der Waals surface area (Å²) in [4.78, 5) is 46.4. The summed E-state index contributed by atoms with van der Waals surface area (Å²) >= 11 is 0. The van der Waals surface area contributed by atoms with Crippen molar-refractivity contribution in [1.82, 2.24) is 16.1 Å². The lowest BCUT2D eigenvalue weighted by atomic mass is 10.2. The average Bonchev–Trinajstić information content (AvgIpc) is 2.71. The molecular weight excluding hydrogens is 374 g/mol. The SMILES string of the molecule is O=C(NCCNC(=O)c1cc(=O)c(O)c(C(=O)NO)o1)OCc1ccccc1. The fourth-order valence-electron chi connectivity index (χ4n) is 2.01. The number of nitrogens with one attached hydrogen (secondary N) is 3. The molecule has 28 heavy (non-hydrogen) atoms. The molecule has 0 unspecified atom stereocenters. The predicted octanol–water partition coefficient (Wildman–Crippen LogP) is 0.121. The maximum absolute atomic E-state index is 12.0. The molecule has 0 aliphatic carbocycles. The molecule has 148 valence electrons. The molecule has 11 heteroatoms. The summed E-state index contributed by atoms with van der Waals surface area (Å²) in [7, 11) is 0. The Hall–Kier alpha value is -3.86. The summed E-state index contributed by atoms with van der Waals surface area (Å²) in [6.07, 6.45) is -0.684. The van der Waals surface area contributed by atoms with Crippen LogP contribution in [0.3, 0.4) is 0 Å². The van der Waals surface area contributed by atoms with E-state index >= 15 is 0 Å². The van der Waals surface area contributed by atoms with Crippen LogP contribution in [0.15, 0.2) is 45.6 Å². The summed E-state index contributed by atoms with van der Waals surface area (Å²) in [6, 6.07) is 9.73. The van der Waals surface area contributed by atoms with Crippen molar-refractivity contribution in [3.63, 3.8) is 0 Å². The van der Waals surface area contributed by atoms with Gasteiger partial charge in [0.1, 0.15) is 6.61 Å². The van der Waals surface area contributed by atoms with E-state index in [0.29, 0.717) is 6.07 Å². The molecule has 1 aromatic carbocycles. The first kappa shape index (κ1) is 20.5. The molecule has 3 amide bonds. The van der Waals surface area contributed by atoms with Crippen molar-refractivity contribution in [2.75, 3.05) is 13.1 Å². The Morgan fingerprint density at radius 2 is 1.71 bits per heavy atom. The van der Waals surface area contributed by atoms with E-state index in [1.807, 2.05) is 18.2 Å². The van der Waals surface area contributed by atoms with Crippen molar-refractivity contribution in [3.8, 4) is 5.75 Å². The molecule has 2 aromatic rings. The minimum absolute atomic E-state index is 0.0195. The number of carbonyl (C=O) groups is 3. The quantitative estimate of drug-likeness (QED) is 0.252. The van der Waals surface area contributed by atoms with E-state index in [1.54, 1.807) is 12.1 Å². The van der Waals surface area contributed by atoms with Crippen molar-refractivity contribution in [2.45, 2.75) is 6.61 Å². The van der Waals surface area contributed by atoms with Gasteiger partial charge in [0.2, 0.25) is 16.9 Å². The Kier molecular flexibility index (Phi) is 7.11. The Labute approximate surface area is 157 Å². The first-order valence-electron chi connectivity index (χ1n) is 7.96. The molecular formula is C17H17N3O8. The Balaban J connectivity index is 1.81. The first-order chi connectivity index (χ1) is 13.4. The number of aromatic hydroxyl groups is 1. The number of hydroxylamine groups is 1. The van der Waals surface area contributed by atoms with Crippen molar-refractivity contribution >= 4 is 17.9 Å². The maximum atomic E-state index is 12.0. The van der Waals surface area contributed by atoms with Crippen molar-refractivity contribution in [2.24, 2.45) is 0 Å². The lowest BCUT2D eigenvalue weighted by Gasteiger charge is -2.08. The molecule has 11 nitrogen and oxygen atoms in total. The molecule has 0 atom stereocenters. The van der Waals surface area contributed by atoms with Gasteiger partial charge in [-0.1, -0.05) is 30.3 Å². The summed E-state index contributed by atoms with van der Waals surface area (Å²) in [5.41, 5.74) is 0.951. The number of benzene rings is 1. The van der Waals surface area contributed by atoms with Crippen LogP contribution in [0, 0.1) is 0 Å². The maximum Gasteiger partial charge on any atom is 0.407 e. The number of alkyl carbamates (subject to hydrolysis) is 1. The van der Waals surface area contributed by atoms with Gasteiger partial charge in [-0.2, -0.15) is 0 Å². The van der Waals surface area contributed by atoms with Crippen molar-refractivity contribution < 1.29 is 33.9 Å². The highest BCUT2D eigenvalue weighted by atomic mass is 16.5. The topological polar surface area (TPSA) is 167 Å². The third kappa shape index (κ3) is 5.57. The number of ether oxygens (including phenoxy) is 1. The molecule has 0 saturated carbocycles. The minimum Gasteiger partial charge on any atom is -0.501 e. The summed E-state index contributed by atoms with van der Waals surface area (Å²) in [5.74, 6) is -4.70. The van der Waals surface area contributed by atoms with E-state index in [0.717, 1.165) is 5.56 Å². The van der Waals surface area contributed by atoms with E-state index in [2.05, 4.69) is 10.6 Å². The molecule has 2 rings (SSSR count). The second-order valence-corrected chi connectivity index (χ2v) is 5.34. The van der Waals surface area contributed by atoms with Gasteiger partial charge in [0.05, 0.1) is 0 Å². The van der Waals surface area contributed by atoms with Crippen molar-refractivity contribution in [3.05, 3.63) is 63.7 Å². The van der Waals surface area contributed by atoms with Crippen LogP contribution in [0.1, 0.15) is 26.7 Å². The number of amides is 3. The third-order valence-electron chi connectivity index (χ3n) is 3.35. The standard InChI is InChI=1S/C17H17N3O8/c21-11-8-12(28-14(13(11)22)16(24)20-26)15(23)18-6-7-19-17(25)27-9-10-4-2-1-3-5-10/h1-5,8,22,26H,6-7,9H2,(H,18,23)(H,19,25)(H,20,24). The lowest BCUT2D eigenvalue weighted by Crippen LogP contribution is -2.35. The van der Waals surface area contributed by atoms with E-state index in [1.165, 1.54) is 5.48 Å². The Bertz CT molecular complexity index is 910. The van der Waals surface area contributed by atoms with Crippen LogP contribution in [-0.4, -0.2) is 41.3 Å². The highest BCUT2D eigenvalue weighted by Gasteiger charge is 2.21. The average molecular weight is 391 g/mol. The normalized spacial score (nSPS) is 10.0. The van der Waals surface area contributed by atoms with Gasteiger partial charge < -0.3 is 24.9 Å². The van der Waals surface area contributed by atoms with E-state index in [4.69, 9.17) is 14.4 Å². The molecule has 0 bridgehead atoms. The number of hydrogen-bond acceptors (Lipinski definition) is 8. The van der Waals surface area contributed by atoms with Crippen LogP contribution in [0.4, 0.5) is 4.79 Å². The van der Waals surface area contributed by atoms with Crippen LogP contribution in [0.5, 0.6) is 5.75 Å². The molecule has 0 radical (unpaired) electrons. The molecule has 0 aliphatic heterocycles. The second kappa shape index (κ2) is 9.73. The van der Waals surface area contributed by atoms with Gasteiger partial charge >= 0.3 is 12.0 Å². The number of hydrogen-bond donors (Lipinski definition) is 5. The van der Waals surface area contributed by atoms with Gasteiger partial charge in [-0.05, 0) is 5.56 Å². The van der Waals surface area contributed by atoms with Gasteiger partial charge in [-0.25, -0.2) is 10.3 Å². The van der Waals surface area contributed by atoms with Crippen LogP contribution >= 0.6 is 0 Å². The molecule has 0 aliphatic rings. The fourth-order valence-corrected chi connectivity index (χ4v) is 2.01. The first-order valence-corrected chi connectivity index (χ1v) is 7.96. The fraction of sp³-hybridized carbons (Fsp3) is 0.176. The highest BCUT2D eigenvalue weighted by Crippen LogP contribution is 2.13. The molecule has 0 saturated heterocycles. The largest absolute Gasteiger partial charge is 0.501 e. The highest BCUT2D eigenvalue weighted by molar-refractivity contribution is 5.95. The van der Waals surface area contributed by atoms with Crippen LogP contribution < -0.4 is 21.5 Å². The summed E-state index contributed by atoms with van der Waals surface area (Å²) in [6.45, 7) is 0.0739. The van der Waals surface area contributed by atoms with Gasteiger partial charge in [-0.3, -0.25) is 19.6 Å². The summed E-state index contributed by atoms with van der Waals surface area (Å²) < 4.78 is 9.81. The van der Waals surface area contributed by atoms with Gasteiger partial charge in [-0.15, -0.1) is 0 Å². The molecule has 1 heterocycles. The zero-order valence-corrected chi connectivity index (χ0v) is 14.4. The van der Waals surface area contributed by atoms with E-state index in [-0.39, 0.29) is 19.7 Å². The number of rotatable bonds is 7. The minimum atomic E-state index is -1.30. The van der Waals surface area contributed by atoms with Crippen molar-refractivity contribution in [1.29, 1.82) is 0 Å². The molecule has 5 N–H and O–H groups in total. The number of carbonyl (C=O) groups excluding carboxylic acids is 3. The zero-order chi connectivity index (χ0) is 20.5. The van der Waals surface area contributed by atoms with Crippen LogP contribution in [0.25, 0.3) is 0 Å². The monoisotopic (exact) mass is 391 g/mol. The Morgan fingerprint density at radius 1 is 1.04 bits per heavy atom. The van der Waals surface area contributed by atoms with Crippen LogP contribution in [0.2, 0.25) is 0 Å². The van der Waals surface area contributed by atoms with Gasteiger partial charge in [0, 0.05) is 19.2 Å². The molecule has 1 aromatic heterocycles.